The number of benzene rings is 3. The number of aryl methyl sites for hydroxylation is 3. The zero-order valence-corrected chi connectivity index (χ0v) is 25.2. The summed E-state index contributed by atoms with van der Waals surface area (Å²) in [6.07, 6.45) is 2.13. The highest BCUT2D eigenvalue weighted by Crippen LogP contribution is 2.23. The molecule has 0 spiro atoms. The van der Waals surface area contributed by atoms with E-state index in [1.165, 1.54) is 4.90 Å². The van der Waals surface area contributed by atoms with Crippen LogP contribution in [-0.4, -0.2) is 50.0 Å². The summed E-state index contributed by atoms with van der Waals surface area (Å²) in [5, 5.41) is 3.05. The molecule has 3 aromatic carbocycles. The molecule has 7 nitrogen and oxygen atoms in total. The van der Waals surface area contributed by atoms with Crippen LogP contribution < -0.4 is 9.62 Å². The van der Waals surface area contributed by atoms with Gasteiger partial charge in [-0.1, -0.05) is 73.2 Å². The summed E-state index contributed by atoms with van der Waals surface area (Å²) in [5.74, 6) is -0.720. The van der Waals surface area contributed by atoms with Gasteiger partial charge >= 0.3 is 0 Å². The van der Waals surface area contributed by atoms with E-state index in [0.29, 0.717) is 12.1 Å². The topological polar surface area (TPSA) is 86.8 Å². The van der Waals surface area contributed by atoms with Gasteiger partial charge in [0, 0.05) is 19.0 Å². The van der Waals surface area contributed by atoms with Crippen molar-refractivity contribution in [3.63, 3.8) is 0 Å². The monoisotopic (exact) mass is 563 g/mol. The van der Waals surface area contributed by atoms with E-state index in [9.17, 15) is 18.0 Å². The van der Waals surface area contributed by atoms with Gasteiger partial charge < -0.3 is 10.2 Å². The molecule has 0 unspecified atom stereocenters. The van der Waals surface area contributed by atoms with E-state index in [1.807, 2.05) is 95.3 Å². The quantitative estimate of drug-likeness (QED) is 0.339. The maximum atomic E-state index is 14.2. The number of hydrogen-bond acceptors (Lipinski definition) is 4. The Balaban J connectivity index is 2.08. The Morgan fingerprint density at radius 1 is 0.850 bits per heavy atom. The highest BCUT2D eigenvalue weighted by molar-refractivity contribution is 7.92. The van der Waals surface area contributed by atoms with Gasteiger partial charge in [0.15, 0.2) is 0 Å². The molecule has 0 saturated heterocycles. The van der Waals surface area contributed by atoms with Crippen molar-refractivity contribution in [2.24, 2.45) is 0 Å². The van der Waals surface area contributed by atoms with Crippen molar-refractivity contribution < 1.29 is 18.0 Å². The van der Waals surface area contributed by atoms with E-state index < -0.39 is 28.5 Å². The van der Waals surface area contributed by atoms with Crippen LogP contribution in [0.5, 0.6) is 0 Å². The van der Waals surface area contributed by atoms with Crippen molar-refractivity contribution in [2.75, 3.05) is 17.1 Å². The van der Waals surface area contributed by atoms with Crippen molar-refractivity contribution in [1.29, 1.82) is 0 Å². The van der Waals surface area contributed by atoms with Gasteiger partial charge in [-0.2, -0.15) is 0 Å². The average molecular weight is 564 g/mol. The normalized spacial score (nSPS) is 12.8. The van der Waals surface area contributed by atoms with E-state index in [4.69, 9.17) is 0 Å². The van der Waals surface area contributed by atoms with E-state index in [1.54, 1.807) is 12.1 Å². The van der Waals surface area contributed by atoms with Crippen LogP contribution in [0.1, 0.15) is 48.1 Å². The molecule has 0 aliphatic carbocycles. The molecule has 8 heteroatoms. The molecule has 2 atom stereocenters. The number of sulfonamides is 1. The van der Waals surface area contributed by atoms with Crippen LogP contribution in [0.3, 0.4) is 0 Å². The first-order chi connectivity index (χ1) is 18.9. The van der Waals surface area contributed by atoms with Crippen molar-refractivity contribution >= 4 is 27.5 Å². The van der Waals surface area contributed by atoms with Crippen LogP contribution in [0.2, 0.25) is 0 Å². The summed E-state index contributed by atoms with van der Waals surface area (Å²) >= 11 is 0. The number of rotatable bonds is 12. The van der Waals surface area contributed by atoms with E-state index in [2.05, 4.69) is 5.32 Å². The Labute approximate surface area is 239 Å². The maximum Gasteiger partial charge on any atom is 0.244 e. The summed E-state index contributed by atoms with van der Waals surface area (Å²) in [7, 11) is -3.80. The molecule has 40 heavy (non-hydrogen) atoms. The highest BCUT2D eigenvalue weighted by Gasteiger charge is 2.33. The van der Waals surface area contributed by atoms with Gasteiger partial charge in [0.25, 0.3) is 0 Å². The standard InChI is InChI=1S/C32H41N3O4S/c1-7-26(5)33-32(37)30(20-27-13-9-8-10-14-27)34(21-28-15-11-12-23(2)17-28)31(36)22-35(40(6,38)39)29-18-24(3)16-25(4)19-29/h8-19,26,30H,7,20-22H2,1-6H3,(H,33,37)/t26-,30+/m1/s1. The summed E-state index contributed by atoms with van der Waals surface area (Å²) < 4.78 is 27.1. The molecule has 214 valence electrons. The first kappa shape index (κ1) is 30.9. The second-order valence-corrected chi connectivity index (χ2v) is 12.6. The van der Waals surface area contributed by atoms with Gasteiger partial charge in [-0.15, -0.1) is 0 Å². The number of hydrogen-bond donors (Lipinski definition) is 1. The molecule has 3 rings (SSSR count). The maximum absolute atomic E-state index is 14.2. The smallest absolute Gasteiger partial charge is 0.244 e. The minimum Gasteiger partial charge on any atom is -0.352 e. The third kappa shape index (κ3) is 8.68. The molecule has 0 fully saturated rings. The van der Waals surface area contributed by atoms with Gasteiger partial charge in [0.05, 0.1) is 11.9 Å². The van der Waals surface area contributed by atoms with Gasteiger partial charge in [-0.25, -0.2) is 8.42 Å². The van der Waals surface area contributed by atoms with Crippen molar-refractivity contribution in [3.05, 3.63) is 101 Å². The first-order valence-corrected chi connectivity index (χ1v) is 15.5. The highest BCUT2D eigenvalue weighted by atomic mass is 32.2. The van der Waals surface area contributed by atoms with Crippen LogP contribution in [0.4, 0.5) is 5.69 Å². The molecule has 0 radical (unpaired) electrons. The van der Waals surface area contributed by atoms with Gasteiger partial charge in [0.1, 0.15) is 12.6 Å². The number of nitrogens with zero attached hydrogens (tertiary/aromatic N) is 2. The van der Waals surface area contributed by atoms with E-state index in [0.717, 1.165) is 44.8 Å². The molecule has 0 bridgehead atoms. The zero-order chi connectivity index (χ0) is 29.4. The number of nitrogens with one attached hydrogen (secondary N) is 1. The predicted molar refractivity (Wildman–Crippen MR) is 162 cm³/mol. The number of carbonyl (C=O) groups is 2. The lowest BCUT2D eigenvalue weighted by molar-refractivity contribution is -0.140. The average Bonchev–Trinajstić information content (AvgIpc) is 2.88. The van der Waals surface area contributed by atoms with Crippen LogP contribution in [0.25, 0.3) is 0 Å². The minimum absolute atomic E-state index is 0.0792. The van der Waals surface area contributed by atoms with Crippen LogP contribution in [0.15, 0.2) is 72.8 Å². The summed E-state index contributed by atoms with van der Waals surface area (Å²) in [6, 6.07) is 21.9. The fourth-order valence-corrected chi connectivity index (χ4v) is 5.54. The van der Waals surface area contributed by atoms with Crippen LogP contribution >= 0.6 is 0 Å². The third-order valence-electron chi connectivity index (χ3n) is 6.88. The predicted octanol–water partition coefficient (Wildman–Crippen LogP) is 4.93. The zero-order valence-electron chi connectivity index (χ0n) is 24.3. The summed E-state index contributed by atoms with van der Waals surface area (Å²) in [6.45, 7) is 9.40. The molecule has 2 amide bonds. The Hall–Kier alpha value is -3.65. The number of anilines is 1. The summed E-state index contributed by atoms with van der Waals surface area (Å²) in [5.41, 5.74) is 5.00. The fraction of sp³-hybridized carbons (Fsp3) is 0.375. The van der Waals surface area contributed by atoms with Crippen LogP contribution in [0, 0.1) is 20.8 Å². The van der Waals surface area contributed by atoms with Crippen LogP contribution in [-0.2, 0) is 32.6 Å². The van der Waals surface area contributed by atoms with E-state index >= 15 is 0 Å². The molecule has 0 aliphatic rings. The lowest BCUT2D eigenvalue weighted by Gasteiger charge is -2.34. The van der Waals surface area contributed by atoms with E-state index in [-0.39, 0.29) is 18.5 Å². The third-order valence-corrected chi connectivity index (χ3v) is 8.02. The molecule has 0 aromatic heterocycles. The van der Waals surface area contributed by atoms with Crippen molar-refractivity contribution in [3.8, 4) is 0 Å². The Morgan fingerprint density at radius 2 is 1.48 bits per heavy atom. The molecular formula is C32H41N3O4S. The lowest BCUT2D eigenvalue weighted by Crippen LogP contribution is -2.54. The fourth-order valence-electron chi connectivity index (χ4n) is 4.71. The summed E-state index contributed by atoms with van der Waals surface area (Å²) in [4.78, 5) is 29.4. The van der Waals surface area contributed by atoms with Gasteiger partial charge in [0.2, 0.25) is 21.8 Å². The molecule has 0 saturated carbocycles. The first-order valence-electron chi connectivity index (χ1n) is 13.6. The molecular weight excluding hydrogens is 522 g/mol. The Morgan fingerprint density at radius 3 is 2.05 bits per heavy atom. The van der Waals surface area contributed by atoms with Gasteiger partial charge in [-0.05, 0) is 68.5 Å². The van der Waals surface area contributed by atoms with Crippen molar-refractivity contribution in [1.82, 2.24) is 10.2 Å². The lowest BCUT2D eigenvalue weighted by atomic mass is 10.0. The second-order valence-electron chi connectivity index (χ2n) is 10.6. The molecule has 1 N–H and O–H groups in total. The Kier molecular flexibility index (Phi) is 10.5. The molecule has 0 heterocycles. The largest absolute Gasteiger partial charge is 0.352 e. The second kappa shape index (κ2) is 13.6. The molecule has 0 aliphatic heterocycles. The van der Waals surface area contributed by atoms with Gasteiger partial charge in [-0.3, -0.25) is 13.9 Å². The number of carbonyl (C=O) groups excluding carboxylic acids is 2. The number of amides is 2. The Bertz CT molecular complexity index is 1400. The molecule has 3 aromatic rings. The SMILES string of the molecule is CC[C@@H](C)NC(=O)[C@H](Cc1ccccc1)N(Cc1cccc(C)c1)C(=O)CN(c1cc(C)cc(C)c1)S(C)(=O)=O. The van der Waals surface area contributed by atoms with Crippen molar-refractivity contribution in [2.45, 2.75) is 66.1 Å². The minimum atomic E-state index is -3.80.